The summed E-state index contributed by atoms with van der Waals surface area (Å²) in [6.45, 7) is 3.83. The van der Waals surface area contributed by atoms with Gasteiger partial charge in [-0.1, -0.05) is 17.7 Å². The topological polar surface area (TPSA) is 42.9 Å². The molecule has 5 heteroatoms. The number of halogens is 1. The van der Waals surface area contributed by atoms with Gasteiger partial charge in [0.05, 0.1) is 5.02 Å². The van der Waals surface area contributed by atoms with Crippen molar-refractivity contribution in [2.45, 2.75) is 23.9 Å². The van der Waals surface area contributed by atoms with Gasteiger partial charge >= 0.3 is 0 Å². The highest BCUT2D eigenvalue weighted by atomic mass is 35.5. The zero-order chi connectivity index (χ0) is 13.1. The van der Waals surface area contributed by atoms with Crippen molar-refractivity contribution >= 4 is 29.6 Å². The number of aromatic nitrogens is 2. The van der Waals surface area contributed by atoms with Crippen molar-refractivity contribution in [3.05, 3.63) is 46.2 Å². The summed E-state index contributed by atoms with van der Waals surface area (Å²) in [6, 6.07) is 7.24. The van der Waals surface area contributed by atoms with E-state index in [1.54, 1.807) is 12.1 Å². The Labute approximate surface area is 115 Å². The molecule has 3 nitrogen and oxygen atoms in total. The van der Waals surface area contributed by atoms with Gasteiger partial charge in [-0.05, 0) is 43.8 Å². The summed E-state index contributed by atoms with van der Waals surface area (Å²) < 4.78 is 0. The molecule has 2 aromatic rings. The van der Waals surface area contributed by atoms with Crippen molar-refractivity contribution in [1.82, 2.24) is 9.97 Å². The van der Waals surface area contributed by atoms with E-state index in [2.05, 4.69) is 9.97 Å². The lowest BCUT2D eigenvalue weighted by Gasteiger charge is -2.06. The summed E-state index contributed by atoms with van der Waals surface area (Å²) in [4.78, 5) is 20.5. The highest BCUT2D eigenvalue weighted by molar-refractivity contribution is 7.99. The number of benzene rings is 1. The average molecular weight is 279 g/mol. The first kappa shape index (κ1) is 13.1. The Morgan fingerprint density at radius 2 is 1.89 bits per heavy atom. The molecule has 0 saturated heterocycles. The predicted molar refractivity (Wildman–Crippen MR) is 72.5 cm³/mol. The minimum Gasteiger partial charge on any atom is -0.298 e. The standard InChI is InChI=1S/C13H11ClN2OS/c1-8-6-9(2)16-13(15-8)18-12-5-3-4-11(14)10(12)7-17/h3-7H,1-2H3. The van der Waals surface area contributed by atoms with Gasteiger partial charge < -0.3 is 0 Å². The van der Waals surface area contributed by atoms with E-state index in [1.165, 1.54) is 11.8 Å². The molecule has 0 aliphatic rings. The SMILES string of the molecule is Cc1cc(C)nc(Sc2cccc(Cl)c2C=O)n1. The van der Waals surface area contributed by atoms with E-state index in [1.807, 2.05) is 26.0 Å². The van der Waals surface area contributed by atoms with Crippen LogP contribution in [0.15, 0.2) is 34.3 Å². The molecule has 92 valence electrons. The quantitative estimate of drug-likeness (QED) is 0.634. The van der Waals surface area contributed by atoms with Crippen LogP contribution < -0.4 is 0 Å². The molecular weight excluding hydrogens is 268 g/mol. The van der Waals surface area contributed by atoms with Crippen molar-refractivity contribution in [3.63, 3.8) is 0 Å². The molecule has 0 bridgehead atoms. The third kappa shape index (κ3) is 2.89. The largest absolute Gasteiger partial charge is 0.298 e. The van der Waals surface area contributed by atoms with Crippen LogP contribution in [0, 0.1) is 13.8 Å². The van der Waals surface area contributed by atoms with Gasteiger partial charge in [0.2, 0.25) is 0 Å². The van der Waals surface area contributed by atoms with E-state index in [9.17, 15) is 4.79 Å². The molecule has 1 heterocycles. The van der Waals surface area contributed by atoms with E-state index < -0.39 is 0 Å². The molecule has 0 spiro atoms. The van der Waals surface area contributed by atoms with Gasteiger partial charge in [-0.3, -0.25) is 4.79 Å². The van der Waals surface area contributed by atoms with Crippen LogP contribution in [0.1, 0.15) is 21.7 Å². The maximum atomic E-state index is 11.0. The monoisotopic (exact) mass is 278 g/mol. The first-order valence-corrected chi connectivity index (χ1v) is 6.53. The zero-order valence-corrected chi connectivity index (χ0v) is 11.5. The van der Waals surface area contributed by atoms with Gasteiger partial charge in [0.15, 0.2) is 11.4 Å². The van der Waals surface area contributed by atoms with Gasteiger partial charge in [-0.15, -0.1) is 0 Å². The summed E-state index contributed by atoms with van der Waals surface area (Å²) in [6.07, 6.45) is 0.757. The van der Waals surface area contributed by atoms with Gasteiger partial charge in [0.1, 0.15) is 0 Å². The van der Waals surface area contributed by atoms with Crippen molar-refractivity contribution in [2.24, 2.45) is 0 Å². The molecule has 0 N–H and O–H groups in total. The molecule has 1 aromatic carbocycles. The molecule has 0 radical (unpaired) electrons. The smallest absolute Gasteiger partial charge is 0.192 e. The van der Waals surface area contributed by atoms with Crippen LogP contribution in [0.5, 0.6) is 0 Å². The van der Waals surface area contributed by atoms with Gasteiger partial charge in [0, 0.05) is 21.8 Å². The van der Waals surface area contributed by atoms with Gasteiger partial charge in [0.25, 0.3) is 0 Å². The second-order valence-corrected chi connectivity index (χ2v) is 5.22. The predicted octanol–water partition coefficient (Wildman–Crippen LogP) is 3.71. The number of hydrogen-bond acceptors (Lipinski definition) is 4. The minimum atomic E-state index is 0.444. The Morgan fingerprint density at radius 1 is 1.22 bits per heavy atom. The number of carbonyl (C=O) groups is 1. The molecule has 2 rings (SSSR count). The summed E-state index contributed by atoms with van der Waals surface area (Å²) >= 11 is 7.32. The summed E-state index contributed by atoms with van der Waals surface area (Å²) in [5.41, 5.74) is 2.28. The van der Waals surface area contributed by atoms with Crippen LogP contribution in [0.3, 0.4) is 0 Å². The highest BCUT2D eigenvalue weighted by Gasteiger charge is 2.09. The van der Waals surface area contributed by atoms with Gasteiger partial charge in [-0.25, -0.2) is 9.97 Å². The molecule has 0 amide bonds. The third-order valence-corrected chi connectivity index (χ3v) is 3.56. The molecule has 1 aromatic heterocycles. The minimum absolute atomic E-state index is 0.444. The van der Waals surface area contributed by atoms with E-state index in [-0.39, 0.29) is 0 Å². The van der Waals surface area contributed by atoms with E-state index in [0.29, 0.717) is 15.7 Å². The molecule has 0 atom stereocenters. The maximum absolute atomic E-state index is 11.0. The lowest BCUT2D eigenvalue weighted by atomic mass is 10.2. The molecule has 0 saturated carbocycles. The van der Waals surface area contributed by atoms with Crippen LogP contribution in [0.4, 0.5) is 0 Å². The number of carbonyl (C=O) groups excluding carboxylic acids is 1. The molecule has 18 heavy (non-hydrogen) atoms. The second-order valence-electron chi connectivity index (χ2n) is 3.80. The second kappa shape index (κ2) is 5.50. The molecule has 0 aliphatic carbocycles. The summed E-state index contributed by atoms with van der Waals surface area (Å²) in [7, 11) is 0. The Balaban J connectivity index is 2.39. The first-order valence-electron chi connectivity index (χ1n) is 5.34. The lowest BCUT2D eigenvalue weighted by molar-refractivity contribution is 0.112. The highest BCUT2D eigenvalue weighted by Crippen LogP contribution is 2.31. The van der Waals surface area contributed by atoms with Crippen molar-refractivity contribution in [3.8, 4) is 0 Å². The van der Waals surface area contributed by atoms with Crippen molar-refractivity contribution in [1.29, 1.82) is 0 Å². The lowest BCUT2D eigenvalue weighted by Crippen LogP contribution is -1.94. The van der Waals surface area contributed by atoms with E-state index in [4.69, 9.17) is 11.6 Å². The fraction of sp³-hybridized carbons (Fsp3) is 0.154. The van der Waals surface area contributed by atoms with Crippen LogP contribution in [-0.2, 0) is 0 Å². The third-order valence-electron chi connectivity index (χ3n) is 2.29. The van der Waals surface area contributed by atoms with E-state index in [0.717, 1.165) is 22.6 Å². The number of rotatable bonds is 3. The molecule has 0 aliphatic heterocycles. The van der Waals surface area contributed by atoms with Crippen molar-refractivity contribution in [2.75, 3.05) is 0 Å². The Kier molecular flexibility index (Phi) is 3.99. The normalized spacial score (nSPS) is 10.4. The van der Waals surface area contributed by atoms with Crippen LogP contribution >= 0.6 is 23.4 Å². The molecular formula is C13H11ClN2OS. The summed E-state index contributed by atoms with van der Waals surface area (Å²) in [5, 5.41) is 1.07. The Hall–Kier alpha value is -1.39. The first-order chi connectivity index (χ1) is 8.60. The number of hydrogen-bond donors (Lipinski definition) is 0. The summed E-state index contributed by atoms with van der Waals surface area (Å²) in [5.74, 6) is 0. The molecule has 0 unspecified atom stereocenters. The van der Waals surface area contributed by atoms with Gasteiger partial charge in [-0.2, -0.15) is 0 Å². The Morgan fingerprint density at radius 3 is 2.50 bits per heavy atom. The fourth-order valence-electron chi connectivity index (χ4n) is 1.56. The van der Waals surface area contributed by atoms with Crippen LogP contribution in [-0.4, -0.2) is 16.3 Å². The fourth-order valence-corrected chi connectivity index (χ4v) is 2.82. The number of aryl methyl sites for hydroxylation is 2. The van der Waals surface area contributed by atoms with Crippen LogP contribution in [0.25, 0.3) is 0 Å². The number of nitrogens with zero attached hydrogens (tertiary/aromatic N) is 2. The van der Waals surface area contributed by atoms with E-state index >= 15 is 0 Å². The van der Waals surface area contributed by atoms with Crippen molar-refractivity contribution < 1.29 is 4.79 Å². The number of aldehydes is 1. The maximum Gasteiger partial charge on any atom is 0.192 e. The Bertz CT molecular complexity index is 581. The molecule has 0 fully saturated rings. The average Bonchev–Trinajstić information content (AvgIpc) is 2.27. The zero-order valence-electron chi connectivity index (χ0n) is 9.98. The van der Waals surface area contributed by atoms with Crippen LogP contribution in [0.2, 0.25) is 5.02 Å².